The smallest absolute Gasteiger partial charge is 0.220 e. The molecule has 0 aliphatic carbocycles. The van der Waals surface area contributed by atoms with E-state index in [4.69, 9.17) is 5.73 Å². The van der Waals surface area contributed by atoms with Gasteiger partial charge in [0.2, 0.25) is 11.8 Å². The Bertz CT molecular complexity index is 218. The fourth-order valence-electron chi connectivity index (χ4n) is 1.26. The van der Waals surface area contributed by atoms with E-state index < -0.39 is 0 Å². The average molecular weight is 258 g/mol. The van der Waals surface area contributed by atoms with Gasteiger partial charge in [0.05, 0.1) is 0 Å². The number of rotatable bonds is 8. The number of nitrogens with two attached hydrogens (primary N) is 1. The number of carbonyl (C=O) groups excluding carboxylic acids is 2. The molecule has 0 fully saturated rings. The standard InChI is InChI=1S/C11H22N2O2.C3H8/c1-3-6-10(14)13-8-5-4-7-9(2)11(12)15;1-3-2/h9H,3-8H2,1-2H3,(H2,12,15)(H,13,14);3H2,1-2H3/t9-;/m0./s1. The molecule has 108 valence electrons. The first kappa shape index (κ1) is 19.3. The van der Waals surface area contributed by atoms with E-state index in [0.29, 0.717) is 13.0 Å². The minimum absolute atomic E-state index is 0.0589. The second-order valence-electron chi connectivity index (χ2n) is 4.61. The minimum atomic E-state index is -0.245. The summed E-state index contributed by atoms with van der Waals surface area (Å²) in [5.41, 5.74) is 5.13. The number of carbonyl (C=O) groups is 2. The molecule has 0 aliphatic rings. The van der Waals surface area contributed by atoms with Crippen molar-refractivity contribution in [3.63, 3.8) is 0 Å². The van der Waals surface area contributed by atoms with E-state index in [0.717, 1.165) is 25.7 Å². The Labute approximate surface area is 112 Å². The van der Waals surface area contributed by atoms with E-state index in [1.165, 1.54) is 6.42 Å². The quantitative estimate of drug-likeness (QED) is 0.657. The second kappa shape index (κ2) is 14.0. The lowest BCUT2D eigenvalue weighted by Gasteiger charge is -2.07. The van der Waals surface area contributed by atoms with Crippen LogP contribution in [0.25, 0.3) is 0 Å². The van der Waals surface area contributed by atoms with E-state index >= 15 is 0 Å². The van der Waals surface area contributed by atoms with Gasteiger partial charge >= 0.3 is 0 Å². The molecular formula is C14H30N2O2. The monoisotopic (exact) mass is 258 g/mol. The fraction of sp³-hybridized carbons (Fsp3) is 0.857. The number of primary amides is 1. The highest BCUT2D eigenvalue weighted by Crippen LogP contribution is 2.06. The zero-order valence-corrected chi connectivity index (χ0v) is 12.4. The Hall–Kier alpha value is -1.06. The molecule has 0 aromatic carbocycles. The van der Waals surface area contributed by atoms with E-state index in [-0.39, 0.29) is 17.7 Å². The largest absolute Gasteiger partial charge is 0.369 e. The van der Waals surface area contributed by atoms with Crippen molar-refractivity contribution in [1.82, 2.24) is 5.32 Å². The summed E-state index contributed by atoms with van der Waals surface area (Å²) in [6, 6.07) is 0. The molecule has 0 unspecified atom stereocenters. The van der Waals surface area contributed by atoms with Gasteiger partial charge < -0.3 is 11.1 Å². The zero-order chi connectivity index (χ0) is 14.4. The molecule has 3 N–H and O–H groups in total. The van der Waals surface area contributed by atoms with Crippen molar-refractivity contribution in [2.45, 2.75) is 66.2 Å². The Morgan fingerprint density at radius 1 is 1.17 bits per heavy atom. The molecule has 2 amide bonds. The van der Waals surface area contributed by atoms with E-state index in [1.807, 2.05) is 13.8 Å². The Morgan fingerprint density at radius 3 is 2.17 bits per heavy atom. The first-order valence-electron chi connectivity index (χ1n) is 7.05. The number of hydrogen-bond acceptors (Lipinski definition) is 2. The van der Waals surface area contributed by atoms with Gasteiger partial charge in [-0.2, -0.15) is 0 Å². The first-order valence-corrected chi connectivity index (χ1v) is 7.05. The van der Waals surface area contributed by atoms with E-state index in [2.05, 4.69) is 19.2 Å². The van der Waals surface area contributed by atoms with Crippen LogP contribution < -0.4 is 11.1 Å². The molecule has 0 radical (unpaired) electrons. The molecule has 0 aromatic heterocycles. The summed E-state index contributed by atoms with van der Waals surface area (Å²) >= 11 is 0. The van der Waals surface area contributed by atoms with E-state index in [1.54, 1.807) is 0 Å². The summed E-state index contributed by atoms with van der Waals surface area (Å²) in [7, 11) is 0. The van der Waals surface area contributed by atoms with Gasteiger partial charge in [-0.25, -0.2) is 0 Å². The van der Waals surface area contributed by atoms with Crippen molar-refractivity contribution in [3.05, 3.63) is 0 Å². The van der Waals surface area contributed by atoms with Crippen molar-refractivity contribution in [2.24, 2.45) is 11.7 Å². The predicted molar refractivity (Wildman–Crippen MR) is 76.1 cm³/mol. The van der Waals surface area contributed by atoms with Gasteiger partial charge in [-0.1, -0.05) is 40.5 Å². The summed E-state index contributed by atoms with van der Waals surface area (Å²) in [4.78, 5) is 21.8. The Balaban J connectivity index is 0. The lowest BCUT2D eigenvalue weighted by atomic mass is 10.0. The molecule has 0 saturated carbocycles. The molecule has 4 heteroatoms. The molecule has 18 heavy (non-hydrogen) atoms. The van der Waals surface area contributed by atoms with Crippen LogP contribution in [0.3, 0.4) is 0 Å². The molecule has 0 heterocycles. The zero-order valence-electron chi connectivity index (χ0n) is 12.4. The van der Waals surface area contributed by atoms with E-state index in [9.17, 15) is 9.59 Å². The maximum absolute atomic E-state index is 11.1. The van der Waals surface area contributed by atoms with Gasteiger partial charge in [-0.3, -0.25) is 9.59 Å². The second-order valence-corrected chi connectivity index (χ2v) is 4.61. The van der Waals surface area contributed by atoms with Crippen molar-refractivity contribution < 1.29 is 9.59 Å². The molecule has 0 aliphatic heterocycles. The fourth-order valence-corrected chi connectivity index (χ4v) is 1.26. The third-order valence-corrected chi connectivity index (χ3v) is 2.35. The van der Waals surface area contributed by atoms with Crippen molar-refractivity contribution in [1.29, 1.82) is 0 Å². The Kier molecular flexibility index (Phi) is 15.0. The van der Waals surface area contributed by atoms with Crippen LogP contribution in [0.2, 0.25) is 0 Å². The van der Waals surface area contributed by atoms with Gasteiger partial charge in [-0.05, 0) is 19.3 Å². The maximum atomic E-state index is 11.1. The van der Waals surface area contributed by atoms with Gasteiger partial charge in [0.15, 0.2) is 0 Å². The van der Waals surface area contributed by atoms with Gasteiger partial charge in [-0.15, -0.1) is 0 Å². The van der Waals surface area contributed by atoms with Crippen LogP contribution in [-0.4, -0.2) is 18.4 Å². The molecular weight excluding hydrogens is 228 g/mol. The van der Waals surface area contributed by atoms with Crippen molar-refractivity contribution in [2.75, 3.05) is 6.54 Å². The summed E-state index contributed by atoms with van der Waals surface area (Å²) in [6.45, 7) is 8.76. The highest BCUT2D eigenvalue weighted by molar-refractivity contribution is 5.76. The number of unbranched alkanes of at least 4 members (excludes halogenated alkanes) is 1. The highest BCUT2D eigenvalue weighted by atomic mass is 16.1. The molecule has 1 atom stereocenters. The molecule has 4 nitrogen and oxygen atoms in total. The van der Waals surface area contributed by atoms with Crippen LogP contribution in [0.1, 0.15) is 66.2 Å². The summed E-state index contributed by atoms with van der Waals surface area (Å²) < 4.78 is 0. The van der Waals surface area contributed by atoms with Crippen molar-refractivity contribution in [3.8, 4) is 0 Å². The van der Waals surface area contributed by atoms with Gasteiger partial charge in [0.1, 0.15) is 0 Å². The summed E-state index contributed by atoms with van der Waals surface area (Å²) in [5.74, 6) is -0.193. The number of nitrogens with one attached hydrogen (secondary N) is 1. The summed E-state index contributed by atoms with van der Waals surface area (Å²) in [6.07, 6.45) is 5.37. The lowest BCUT2D eigenvalue weighted by molar-refractivity contribution is -0.122. The maximum Gasteiger partial charge on any atom is 0.220 e. The van der Waals surface area contributed by atoms with Gasteiger partial charge in [0, 0.05) is 18.9 Å². The molecule has 0 bridgehead atoms. The predicted octanol–water partition coefficient (Wildman–Crippen LogP) is 2.61. The van der Waals surface area contributed by atoms with Crippen LogP contribution in [0.4, 0.5) is 0 Å². The molecule has 0 saturated heterocycles. The molecule has 0 aromatic rings. The van der Waals surface area contributed by atoms with Crippen LogP contribution >= 0.6 is 0 Å². The number of hydrogen-bond donors (Lipinski definition) is 2. The lowest BCUT2D eigenvalue weighted by Crippen LogP contribution is -2.24. The third kappa shape index (κ3) is 14.9. The SMILES string of the molecule is CCC.CCCC(=O)NCCCC[C@H](C)C(N)=O. The Morgan fingerprint density at radius 2 is 1.72 bits per heavy atom. The average Bonchev–Trinajstić information content (AvgIpc) is 2.29. The number of amides is 2. The molecule has 0 spiro atoms. The first-order chi connectivity index (χ1) is 8.49. The third-order valence-electron chi connectivity index (χ3n) is 2.35. The van der Waals surface area contributed by atoms with Crippen LogP contribution in [0.5, 0.6) is 0 Å². The molecule has 0 rings (SSSR count). The minimum Gasteiger partial charge on any atom is -0.369 e. The van der Waals surface area contributed by atoms with Crippen LogP contribution in [-0.2, 0) is 9.59 Å². The van der Waals surface area contributed by atoms with Crippen LogP contribution in [0.15, 0.2) is 0 Å². The highest BCUT2D eigenvalue weighted by Gasteiger charge is 2.07. The van der Waals surface area contributed by atoms with Crippen LogP contribution in [0, 0.1) is 5.92 Å². The summed E-state index contributed by atoms with van der Waals surface area (Å²) in [5, 5.41) is 2.83. The normalized spacial score (nSPS) is 11.1. The van der Waals surface area contributed by atoms with Gasteiger partial charge in [0.25, 0.3) is 0 Å². The van der Waals surface area contributed by atoms with Crippen molar-refractivity contribution >= 4 is 11.8 Å². The topological polar surface area (TPSA) is 72.2 Å².